The van der Waals surface area contributed by atoms with Crippen LogP contribution in [0.2, 0.25) is 0 Å². The Kier molecular flexibility index (Phi) is 5.23. The molecule has 0 bridgehead atoms. The molecule has 1 aromatic heterocycles. The van der Waals surface area contributed by atoms with Gasteiger partial charge in [0, 0.05) is 32.4 Å². The molecule has 0 spiro atoms. The number of likely N-dealkylation sites (tertiary alicyclic amines) is 1. The number of amides is 1. The molecule has 18 heavy (non-hydrogen) atoms. The van der Waals surface area contributed by atoms with Gasteiger partial charge in [0.1, 0.15) is 5.69 Å². The third-order valence-corrected chi connectivity index (χ3v) is 3.67. The van der Waals surface area contributed by atoms with Gasteiger partial charge in [0.05, 0.1) is 0 Å². The average Bonchev–Trinajstić information content (AvgIpc) is 2.74. The second-order valence-electron chi connectivity index (χ2n) is 5.02. The minimum Gasteiger partial charge on any atom is -0.347 e. The van der Waals surface area contributed by atoms with Crippen LogP contribution in [-0.2, 0) is 7.05 Å². The van der Waals surface area contributed by atoms with Crippen molar-refractivity contribution >= 4 is 18.3 Å². The van der Waals surface area contributed by atoms with E-state index in [9.17, 15) is 4.79 Å². The lowest BCUT2D eigenvalue weighted by Gasteiger charge is -2.38. The van der Waals surface area contributed by atoms with Crippen LogP contribution in [0.25, 0.3) is 0 Å². The first-order valence-electron chi connectivity index (χ1n) is 6.26. The quantitative estimate of drug-likeness (QED) is 0.889. The van der Waals surface area contributed by atoms with Gasteiger partial charge in [-0.3, -0.25) is 4.79 Å². The minimum absolute atomic E-state index is 0. The second kappa shape index (κ2) is 6.25. The van der Waals surface area contributed by atoms with Gasteiger partial charge in [0.25, 0.3) is 5.91 Å². The summed E-state index contributed by atoms with van der Waals surface area (Å²) in [7, 11) is 1.90. The monoisotopic (exact) mass is 271 g/mol. The van der Waals surface area contributed by atoms with Gasteiger partial charge in [-0.2, -0.15) is 0 Å². The van der Waals surface area contributed by atoms with E-state index >= 15 is 0 Å². The van der Waals surface area contributed by atoms with Crippen molar-refractivity contribution in [3.05, 3.63) is 24.0 Å². The SMILES string of the molecule is CC1CCN(C(=O)c2cccn2C)C(CN)C1.Cl. The molecule has 0 aliphatic carbocycles. The van der Waals surface area contributed by atoms with Gasteiger partial charge < -0.3 is 15.2 Å². The van der Waals surface area contributed by atoms with E-state index in [0.717, 1.165) is 25.1 Å². The van der Waals surface area contributed by atoms with Crippen molar-refractivity contribution in [2.24, 2.45) is 18.7 Å². The Bertz CT molecular complexity index is 405. The first kappa shape index (κ1) is 15.1. The molecule has 2 N–H and O–H groups in total. The summed E-state index contributed by atoms with van der Waals surface area (Å²) >= 11 is 0. The Labute approximate surface area is 115 Å². The summed E-state index contributed by atoms with van der Waals surface area (Å²) in [5, 5.41) is 0. The molecule has 2 heterocycles. The molecular formula is C13H22ClN3O. The molecule has 4 nitrogen and oxygen atoms in total. The van der Waals surface area contributed by atoms with E-state index < -0.39 is 0 Å². The van der Waals surface area contributed by atoms with E-state index in [1.54, 1.807) is 0 Å². The summed E-state index contributed by atoms with van der Waals surface area (Å²) in [5.41, 5.74) is 6.53. The van der Waals surface area contributed by atoms with E-state index in [1.165, 1.54) is 0 Å². The van der Waals surface area contributed by atoms with Gasteiger partial charge in [-0.1, -0.05) is 6.92 Å². The topological polar surface area (TPSA) is 51.3 Å². The summed E-state index contributed by atoms with van der Waals surface area (Å²) < 4.78 is 1.87. The van der Waals surface area contributed by atoms with Crippen molar-refractivity contribution in [1.82, 2.24) is 9.47 Å². The van der Waals surface area contributed by atoms with E-state index in [2.05, 4.69) is 6.92 Å². The fourth-order valence-electron chi connectivity index (χ4n) is 2.57. The largest absolute Gasteiger partial charge is 0.347 e. The van der Waals surface area contributed by atoms with Crippen LogP contribution in [0.5, 0.6) is 0 Å². The van der Waals surface area contributed by atoms with E-state index in [0.29, 0.717) is 12.5 Å². The zero-order chi connectivity index (χ0) is 12.4. The summed E-state index contributed by atoms with van der Waals surface area (Å²) in [6, 6.07) is 3.96. The Morgan fingerprint density at radius 2 is 2.28 bits per heavy atom. The van der Waals surface area contributed by atoms with Crippen molar-refractivity contribution in [3.63, 3.8) is 0 Å². The molecule has 1 fully saturated rings. The molecule has 2 atom stereocenters. The Morgan fingerprint density at radius 3 is 2.83 bits per heavy atom. The molecule has 1 aliphatic rings. The number of hydrogen-bond acceptors (Lipinski definition) is 2. The van der Waals surface area contributed by atoms with E-state index in [-0.39, 0.29) is 24.4 Å². The predicted molar refractivity (Wildman–Crippen MR) is 74.9 cm³/mol. The average molecular weight is 272 g/mol. The number of aromatic nitrogens is 1. The third kappa shape index (κ3) is 2.87. The van der Waals surface area contributed by atoms with Gasteiger partial charge in [-0.15, -0.1) is 12.4 Å². The number of carbonyl (C=O) groups excluding carboxylic acids is 1. The van der Waals surface area contributed by atoms with E-state index in [1.807, 2.05) is 34.8 Å². The molecule has 1 aliphatic heterocycles. The fraction of sp³-hybridized carbons (Fsp3) is 0.615. The minimum atomic E-state index is 0. The lowest BCUT2D eigenvalue weighted by molar-refractivity contribution is 0.0564. The normalized spacial score (nSPS) is 23.6. The summed E-state index contributed by atoms with van der Waals surface area (Å²) in [5.74, 6) is 0.779. The molecule has 1 amide bonds. The number of rotatable bonds is 2. The number of piperidine rings is 1. The smallest absolute Gasteiger partial charge is 0.270 e. The van der Waals surface area contributed by atoms with Crippen LogP contribution in [-0.4, -0.2) is 34.5 Å². The van der Waals surface area contributed by atoms with Crippen molar-refractivity contribution in [2.45, 2.75) is 25.8 Å². The second-order valence-corrected chi connectivity index (χ2v) is 5.02. The van der Waals surface area contributed by atoms with Gasteiger partial charge >= 0.3 is 0 Å². The lowest BCUT2D eigenvalue weighted by Crippen LogP contribution is -2.49. The summed E-state index contributed by atoms with van der Waals surface area (Å²) in [4.78, 5) is 14.3. The zero-order valence-electron chi connectivity index (χ0n) is 11.0. The Morgan fingerprint density at radius 1 is 1.56 bits per heavy atom. The highest BCUT2D eigenvalue weighted by molar-refractivity contribution is 5.93. The van der Waals surface area contributed by atoms with Crippen molar-refractivity contribution in [3.8, 4) is 0 Å². The van der Waals surface area contributed by atoms with Crippen LogP contribution in [0.4, 0.5) is 0 Å². The molecule has 2 unspecified atom stereocenters. The fourth-order valence-corrected chi connectivity index (χ4v) is 2.57. The Hall–Kier alpha value is -1.00. The van der Waals surface area contributed by atoms with Crippen LogP contribution in [0.1, 0.15) is 30.3 Å². The van der Waals surface area contributed by atoms with Crippen LogP contribution in [0, 0.1) is 5.92 Å². The summed E-state index contributed by atoms with van der Waals surface area (Å²) in [6.45, 7) is 3.61. The third-order valence-electron chi connectivity index (χ3n) is 3.67. The lowest BCUT2D eigenvalue weighted by atomic mass is 9.92. The number of halogens is 1. The zero-order valence-corrected chi connectivity index (χ0v) is 11.8. The molecule has 1 saturated heterocycles. The number of nitrogens with zero attached hydrogens (tertiary/aromatic N) is 2. The molecule has 5 heteroatoms. The molecule has 0 saturated carbocycles. The molecule has 2 rings (SSSR count). The first-order chi connectivity index (χ1) is 8.13. The van der Waals surface area contributed by atoms with Crippen LogP contribution < -0.4 is 5.73 Å². The maximum atomic E-state index is 12.4. The van der Waals surface area contributed by atoms with Crippen molar-refractivity contribution in [2.75, 3.05) is 13.1 Å². The van der Waals surface area contributed by atoms with Crippen molar-refractivity contribution in [1.29, 1.82) is 0 Å². The maximum Gasteiger partial charge on any atom is 0.270 e. The van der Waals surface area contributed by atoms with Gasteiger partial charge in [-0.25, -0.2) is 0 Å². The predicted octanol–water partition coefficient (Wildman–Crippen LogP) is 1.65. The maximum absolute atomic E-state index is 12.4. The first-order valence-corrected chi connectivity index (χ1v) is 6.26. The highest BCUT2D eigenvalue weighted by atomic mass is 35.5. The molecule has 0 aromatic carbocycles. The highest BCUT2D eigenvalue weighted by Crippen LogP contribution is 2.23. The molecular weight excluding hydrogens is 250 g/mol. The van der Waals surface area contributed by atoms with Crippen LogP contribution in [0.15, 0.2) is 18.3 Å². The number of aryl methyl sites for hydroxylation is 1. The standard InChI is InChI=1S/C13H21N3O.ClH/c1-10-5-7-16(11(8-10)9-14)13(17)12-4-3-6-15(12)2;/h3-4,6,10-11H,5,7-9,14H2,1-2H3;1H. The van der Waals surface area contributed by atoms with Crippen LogP contribution >= 0.6 is 12.4 Å². The van der Waals surface area contributed by atoms with Crippen molar-refractivity contribution < 1.29 is 4.79 Å². The number of nitrogens with two attached hydrogens (primary N) is 1. The molecule has 1 aromatic rings. The molecule has 0 radical (unpaired) electrons. The summed E-state index contributed by atoms with van der Waals surface area (Å²) in [6.07, 6.45) is 4.00. The van der Waals surface area contributed by atoms with Gasteiger partial charge in [-0.05, 0) is 30.9 Å². The Balaban J connectivity index is 0.00000162. The van der Waals surface area contributed by atoms with Crippen LogP contribution in [0.3, 0.4) is 0 Å². The highest BCUT2D eigenvalue weighted by Gasteiger charge is 2.30. The molecule has 102 valence electrons. The van der Waals surface area contributed by atoms with E-state index in [4.69, 9.17) is 5.73 Å². The number of hydrogen-bond donors (Lipinski definition) is 1. The van der Waals surface area contributed by atoms with Gasteiger partial charge in [0.15, 0.2) is 0 Å². The van der Waals surface area contributed by atoms with Gasteiger partial charge in [0.2, 0.25) is 0 Å². The number of carbonyl (C=O) groups is 1.